The molecule has 0 aliphatic heterocycles. The summed E-state index contributed by atoms with van der Waals surface area (Å²) in [6.07, 6.45) is 3.46. The Morgan fingerprint density at radius 3 is 2.29 bits per heavy atom. The summed E-state index contributed by atoms with van der Waals surface area (Å²) in [5.74, 6) is -1.41. The van der Waals surface area contributed by atoms with Crippen LogP contribution < -0.4 is 4.90 Å². The van der Waals surface area contributed by atoms with Crippen molar-refractivity contribution in [3.8, 4) is 0 Å². The number of carbonyl (C=O) groups is 2. The lowest BCUT2D eigenvalue weighted by atomic mass is 9.75. The lowest BCUT2D eigenvalue weighted by Crippen LogP contribution is -2.56. The monoisotopic (exact) mass is 311 g/mol. The van der Waals surface area contributed by atoms with E-state index >= 15 is 0 Å². The molecule has 7 heteroatoms. The molecule has 1 saturated carbocycles. The number of hydrogen-bond acceptors (Lipinski definition) is 6. The summed E-state index contributed by atoms with van der Waals surface area (Å²) < 4.78 is 0. The van der Waals surface area contributed by atoms with Gasteiger partial charge in [0.1, 0.15) is 4.88 Å². The Kier molecular flexibility index (Phi) is 4.34. The zero-order valence-electron chi connectivity index (χ0n) is 12.8. The van der Waals surface area contributed by atoms with E-state index in [1.54, 1.807) is 0 Å². The van der Waals surface area contributed by atoms with E-state index in [9.17, 15) is 9.59 Å². The second-order valence-electron chi connectivity index (χ2n) is 5.86. The first-order chi connectivity index (χ1) is 9.77. The SMILES string of the molecule is CC(=O)c1sc(N(C)CC2(N(C)C)CCC2)nc1C(=O)O. The largest absolute Gasteiger partial charge is 0.476 e. The van der Waals surface area contributed by atoms with Gasteiger partial charge in [0, 0.05) is 26.1 Å². The van der Waals surface area contributed by atoms with Crippen LogP contribution in [-0.2, 0) is 0 Å². The van der Waals surface area contributed by atoms with Crippen LogP contribution in [0.4, 0.5) is 5.13 Å². The van der Waals surface area contributed by atoms with E-state index < -0.39 is 5.97 Å². The summed E-state index contributed by atoms with van der Waals surface area (Å²) in [5.41, 5.74) is -0.0120. The average Bonchev–Trinajstić information content (AvgIpc) is 2.78. The molecule has 21 heavy (non-hydrogen) atoms. The summed E-state index contributed by atoms with van der Waals surface area (Å²) in [4.78, 5) is 31.3. The van der Waals surface area contributed by atoms with Gasteiger partial charge in [0.15, 0.2) is 16.6 Å². The Balaban J connectivity index is 2.23. The summed E-state index contributed by atoms with van der Waals surface area (Å²) in [5, 5.41) is 9.74. The van der Waals surface area contributed by atoms with E-state index in [0.717, 1.165) is 30.7 Å². The molecule has 1 fully saturated rings. The number of aromatic nitrogens is 1. The Bertz CT molecular complexity index is 532. The molecule has 1 aliphatic rings. The summed E-state index contributed by atoms with van der Waals surface area (Å²) >= 11 is 1.16. The molecule has 1 N–H and O–H groups in total. The fraction of sp³-hybridized carbons (Fsp3) is 0.643. The quantitative estimate of drug-likeness (QED) is 0.810. The van der Waals surface area contributed by atoms with Crippen molar-refractivity contribution in [2.45, 2.75) is 31.7 Å². The topological polar surface area (TPSA) is 73.7 Å². The van der Waals surface area contributed by atoms with Crippen LogP contribution in [0.25, 0.3) is 0 Å². The second kappa shape index (κ2) is 5.73. The maximum Gasteiger partial charge on any atom is 0.356 e. The van der Waals surface area contributed by atoms with Crippen LogP contribution in [0.5, 0.6) is 0 Å². The smallest absolute Gasteiger partial charge is 0.356 e. The van der Waals surface area contributed by atoms with Crippen molar-refractivity contribution in [1.82, 2.24) is 9.88 Å². The summed E-state index contributed by atoms with van der Waals surface area (Å²) in [6, 6.07) is 0. The predicted molar refractivity (Wildman–Crippen MR) is 82.6 cm³/mol. The van der Waals surface area contributed by atoms with Crippen molar-refractivity contribution in [1.29, 1.82) is 0 Å². The van der Waals surface area contributed by atoms with E-state index in [2.05, 4.69) is 24.0 Å². The van der Waals surface area contributed by atoms with Gasteiger partial charge in [-0.05, 0) is 33.4 Å². The molecular weight excluding hydrogens is 290 g/mol. The van der Waals surface area contributed by atoms with Gasteiger partial charge < -0.3 is 14.9 Å². The number of anilines is 1. The number of Topliss-reactive ketones (excluding diaryl/α,β-unsaturated/α-hetero) is 1. The van der Waals surface area contributed by atoms with Crippen molar-refractivity contribution in [3.05, 3.63) is 10.6 Å². The first-order valence-electron chi connectivity index (χ1n) is 6.90. The number of likely N-dealkylation sites (N-methyl/N-ethyl adjacent to an activating group) is 2. The van der Waals surface area contributed by atoms with E-state index in [0.29, 0.717) is 5.13 Å². The van der Waals surface area contributed by atoms with Crippen LogP contribution in [0, 0.1) is 0 Å². The number of hydrogen-bond donors (Lipinski definition) is 1. The second-order valence-corrected chi connectivity index (χ2v) is 6.84. The van der Waals surface area contributed by atoms with Crippen LogP contribution in [0.2, 0.25) is 0 Å². The van der Waals surface area contributed by atoms with Gasteiger partial charge in [-0.2, -0.15) is 0 Å². The van der Waals surface area contributed by atoms with Crippen LogP contribution in [0.15, 0.2) is 0 Å². The zero-order chi connectivity index (χ0) is 15.8. The van der Waals surface area contributed by atoms with Crippen LogP contribution in [0.1, 0.15) is 46.3 Å². The number of aromatic carboxylic acids is 1. The van der Waals surface area contributed by atoms with Gasteiger partial charge in [0.2, 0.25) is 0 Å². The first-order valence-corrected chi connectivity index (χ1v) is 7.72. The summed E-state index contributed by atoms with van der Waals surface area (Å²) in [7, 11) is 6.04. The van der Waals surface area contributed by atoms with E-state index in [4.69, 9.17) is 5.11 Å². The van der Waals surface area contributed by atoms with Crippen molar-refractivity contribution >= 4 is 28.2 Å². The molecule has 116 valence electrons. The normalized spacial score (nSPS) is 16.6. The van der Waals surface area contributed by atoms with Crippen molar-refractivity contribution < 1.29 is 14.7 Å². The number of rotatable bonds is 6. The molecule has 1 aliphatic carbocycles. The fourth-order valence-electron chi connectivity index (χ4n) is 2.70. The standard InChI is InChI=1S/C14H21N3O3S/c1-9(18)11-10(12(19)20)15-13(21-11)17(4)8-14(16(2)3)6-5-7-14/h5-8H2,1-4H3,(H,19,20). The highest BCUT2D eigenvalue weighted by Crippen LogP contribution is 2.38. The van der Waals surface area contributed by atoms with Crippen LogP contribution in [-0.4, -0.2) is 60.0 Å². The molecule has 0 unspecified atom stereocenters. The third-order valence-electron chi connectivity index (χ3n) is 4.23. The lowest BCUT2D eigenvalue weighted by Gasteiger charge is -2.49. The minimum atomic E-state index is -1.15. The van der Waals surface area contributed by atoms with Crippen molar-refractivity contribution in [3.63, 3.8) is 0 Å². The highest BCUT2D eigenvalue weighted by molar-refractivity contribution is 7.17. The third-order valence-corrected chi connectivity index (χ3v) is 5.50. The Hall–Kier alpha value is -1.47. The molecule has 2 rings (SSSR count). The number of carbonyl (C=O) groups excluding carboxylic acids is 1. The third kappa shape index (κ3) is 2.94. The molecule has 0 atom stereocenters. The van der Waals surface area contributed by atoms with Gasteiger partial charge in [-0.15, -0.1) is 0 Å². The first kappa shape index (κ1) is 15.9. The van der Waals surface area contributed by atoms with Gasteiger partial charge in [-0.25, -0.2) is 9.78 Å². The molecule has 0 aromatic carbocycles. The Morgan fingerprint density at radius 2 is 1.95 bits per heavy atom. The van der Waals surface area contributed by atoms with Gasteiger partial charge in [0.05, 0.1) is 0 Å². The molecule has 1 aromatic rings. The Morgan fingerprint density at radius 1 is 1.33 bits per heavy atom. The molecule has 0 amide bonds. The van der Waals surface area contributed by atoms with E-state index in [1.807, 2.05) is 11.9 Å². The predicted octanol–water partition coefficient (Wildman–Crippen LogP) is 1.96. The van der Waals surface area contributed by atoms with E-state index in [1.165, 1.54) is 13.3 Å². The highest BCUT2D eigenvalue weighted by Gasteiger charge is 2.40. The molecule has 0 saturated heterocycles. The molecule has 6 nitrogen and oxygen atoms in total. The number of nitrogens with zero attached hydrogens (tertiary/aromatic N) is 3. The highest BCUT2D eigenvalue weighted by atomic mass is 32.1. The van der Waals surface area contributed by atoms with Crippen molar-refractivity contribution in [2.75, 3.05) is 32.6 Å². The number of carboxylic acid groups (broad SMARTS) is 1. The van der Waals surface area contributed by atoms with E-state index in [-0.39, 0.29) is 21.9 Å². The number of ketones is 1. The molecule has 1 heterocycles. The summed E-state index contributed by atoms with van der Waals surface area (Å²) in [6.45, 7) is 2.15. The van der Waals surface area contributed by atoms with Gasteiger partial charge >= 0.3 is 5.97 Å². The minimum absolute atomic E-state index is 0.125. The lowest BCUT2D eigenvalue weighted by molar-refractivity contribution is 0.0680. The van der Waals surface area contributed by atoms with Crippen LogP contribution in [0.3, 0.4) is 0 Å². The maximum atomic E-state index is 11.5. The zero-order valence-corrected chi connectivity index (χ0v) is 13.7. The molecule has 0 radical (unpaired) electrons. The molecule has 0 bridgehead atoms. The average molecular weight is 311 g/mol. The van der Waals surface area contributed by atoms with Gasteiger partial charge in [0.25, 0.3) is 0 Å². The Labute approximate surface area is 128 Å². The molecular formula is C14H21N3O3S. The van der Waals surface area contributed by atoms with Gasteiger partial charge in [-0.1, -0.05) is 11.3 Å². The fourth-order valence-corrected chi connectivity index (χ4v) is 3.61. The number of carboxylic acids is 1. The molecule has 0 spiro atoms. The number of thiazole rings is 1. The maximum absolute atomic E-state index is 11.5. The minimum Gasteiger partial charge on any atom is -0.476 e. The van der Waals surface area contributed by atoms with Gasteiger partial charge in [-0.3, -0.25) is 4.79 Å². The molecule has 1 aromatic heterocycles. The van der Waals surface area contributed by atoms with Crippen LogP contribution >= 0.6 is 11.3 Å². The van der Waals surface area contributed by atoms with Crippen molar-refractivity contribution in [2.24, 2.45) is 0 Å².